The predicted molar refractivity (Wildman–Crippen MR) is 84.1 cm³/mol. The van der Waals surface area contributed by atoms with E-state index in [1.165, 1.54) is 10.4 Å². The van der Waals surface area contributed by atoms with E-state index in [0.717, 1.165) is 9.35 Å². The van der Waals surface area contributed by atoms with Crippen molar-refractivity contribution in [1.29, 1.82) is 0 Å². The van der Waals surface area contributed by atoms with Gasteiger partial charge in [0.05, 0.1) is 11.6 Å². The van der Waals surface area contributed by atoms with Crippen LogP contribution in [0.2, 0.25) is 5.02 Å². The van der Waals surface area contributed by atoms with Crippen molar-refractivity contribution in [1.82, 2.24) is 5.32 Å². The summed E-state index contributed by atoms with van der Waals surface area (Å²) in [6.07, 6.45) is 0. The molecule has 1 aromatic carbocycles. The molecule has 2 rings (SSSR count). The van der Waals surface area contributed by atoms with Crippen molar-refractivity contribution >= 4 is 44.8 Å². The van der Waals surface area contributed by atoms with Gasteiger partial charge in [-0.15, -0.1) is 11.3 Å². The number of thiophene rings is 1. The summed E-state index contributed by atoms with van der Waals surface area (Å²) in [5, 5.41) is 3.51. The van der Waals surface area contributed by atoms with Crippen LogP contribution in [-0.4, -0.2) is 5.91 Å². The van der Waals surface area contributed by atoms with Crippen LogP contribution >= 0.6 is 38.9 Å². The quantitative estimate of drug-likeness (QED) is 0.846. The minimum absolute atomic E-state index is 0.0962. The highest BCUT2D eigenvalue weighted by molar-refractivity contribution is 9.10. The van der Waals surface area contributed by atoms with Gasteiger partial charge in [0.1, 0.15) is 0 Å². The molecule has 1 aromatic heterocycles. The van der Waals surface area contributed by atoms with Crippen LogP contribution in [0.25, 0.3) is 0 Å². The van der Waals surface area contributed by atoms with E-state index in [1.807, 2.05) is 0 Å². The second-order valence-electron chi connectivity index (χ2n) is 4.26. The number of amides is 1. The van der Waals surface area contributed by atoms with Crippen LogP contribution in [0.15, 0.2) is 28.7 Å². The Morgan fingerprint density at radius 1 is 1.37 bits per heavy atom. The summed E-state index contributed by atoms with van der Waals surface area (Å²) in [6, 6.07) is 7.26. The fourth-order valence-electron chi connectivity index (χ4n) is 1.64. The molecule has 19 heavy (non-hydrogen) atoms. The number of benzene rings is 1. The number of nitrogens with one attached hydrogen (secondary N) is 1. The average molecular weight is 359 g/mol. The Balaban J connectivity index is 2.03. The van der Waals surface area contributed by atoms with Gasteiger partial charge in [-0.1, -0.05) is 11.6 Å². The molecule has 0 radical (unpaired) electrons. The van der Waals surface area contributed by atoms with Crippen LogP contribution in [0.4, 0.5) is 0 Å². The van der Waals surface area contributed by atoms with Gasteiger partial charge in [0.15, 0.2) is 0 Å². The van der Waals surface area contributed by atoms with Gasteiger partial charge in [-0.2, -0.15) is 0 Å². The zero-order chi connectivity index (χ0) is 14.0. The van der Waals surface area contributed by atoms with Crippen LogP contribution < -0.4 is 5.32 Å². The smallest absolute Gasteiger partial charge is 0.251 e. The van der Waals surface area contributed by atoms with Gasteiger partial charge < -0.3 is 5.32 Å². The summed E-state index contributed by atoms with van der Waals surface area (Å²) in [7, 11) is 0. The van der Waals surface area contributed by atoms with Gasteiger partial charge in [0, 0.05) is 19.8 Å². The Morgan fingerprint density at radius 3 is 2.68 bits per heavy atom. The van der Waals surface area contributed by atoms with E-state index in [-0.39, 0.29) is 5.91 Å². The third-order valence-electron chi connectivity index (χ3n) is 2.82. The van der Waals surface area contributed by atoms with E-state index in [0.29, 0.717) is 17.1 Å². The first-order chi connectivity index (χ1) is 8.97. The SMILES string of the molecule is Cc1cc(CNC(=O)c2ccc(Cl)c(Br)c2)sc1C. The Bertz CT molecular complexity index is 604. The van der Waals surface area contributed by atoms with E-state index in [2.05, 4.69) is 41.2 Å². The van der Waals surface area contributed by atoms with Crippen molar-refractivity contribution in [3.63, 3.8) is 0 Å². The lowest BCUT2D eigenvalue weighted by Crippen LogP contribution is -2.22. The van der Waals surface area contributed by atoms with Crippen molar-refractivity contribution in [2.24, 2.45) is 0 Å². The molecule has 0 aliphatic rings. The average Bonchev–Trinajstić information content (AvgIpc) is 2.69. The molecule has 0 saturated heterocycles. The topological polar surface area (TPSA) is 29.1 Å². The lowest BCUT2D eigenvalue weighted by molar-refractivity contribution is 0.0951. The molecule has 1 amide bonds. The Hall–Kier alpha value is -0.840. The number of carbonyl (C=O) groups is 1. The Kier molecular flexibility index (Phi) is 4.66. The molecule has 5 heteroatoms. The van der Waals surface area contributed by atoms with E-state index in [9.17, 15) is 4.79 Å². The molecule has 100 valence electrons. The van der Waals surface area contributed by atoms with Gasteiger partial charge in [0.25, 0.3) is 5.91 Å². The molecule has 0 saturated carbocycles. The van der Waals surface area contributed by atoms with Gasteiger partial charge in [-0.05, 0) is 59.6 Å². The fourth-order valence-corrected chi connectivity index (χ4v) is 3.13. The lowest BCUT2D eigenvalue weighted by atomic mass is 10.2. The molecule has 0 aliphatic heterocycles. The number of aryl methyl sites for hydroxylation is 2. The Labute approximate surface area is 129 Å². The molecule has 0 unspecified atom stereocenters. The standard InChI is InChI=1S/C14H13BrClNOS/c1-8-5-11(19-9(8)2)7-17-14(18)10-3-4-13(16)12(15)6-10/h3-6H,7H2,1-2H3,(H,17,18). The highest BCUT2D eigenvalue weighted by atomic mass is 79.9. The largest absolute Gasteiger partial charge is 0.347 e. The summed E-state index contributed by atoms with van der Waals surface area (Å²) in [5.41, 5.74) is 1.87. The van der Waals surface area contributed by atoms with Crippen molar-refractivity contribution in [2.45, 2.75) is 20.4 Å². The molecule has 1 N–H and O–H groups in total. The van der Waals surface area contributed by atoms with Gasteiger partial charge >= 0.3 is 0 Å². The number of hydrogen-bond acceptors (Lipinski definition) is 2. The first kappa shape index (κ1) is 14.6. The minimum Gasteiger partial charge on any atom is -0.347 e. The number of carbonyl (C=O) groups excluding carboxylic acids is 1. The number of hydrogen-bond donors (Lipinski definition) is 1. The number of rotatable bonds is 3. The van der Waals surface area contributed by atoms with Crippen LogP contribution in [0.5, 0.6) is 0 Å². The van der Waals surface area contributed by atoms with Crippen LogP contribution in [0, 0.1) is 13.8 Å². The molecule has 0 aliphatic carbocycles. The summed E-state index contributed by atoms with van der Waals surface area (Å²) in [6.45, 7) is 4.72. The van der Waals surface area contributed by atoms with E-state index < -0.39 is 0 Å². The van der Waals surface area contributed by atoms with E-state index >= 15 is 0 Å². The molecule has 1 heterocycles. The van der Waals surface area contributed by atoms with Crippen LogP contribution in [-0.2, 0) is 6.54 Å². The molecular weight excluding hydrogens is 346 g/mol. The minimum atomic E-state index is -0.0962. The monoisotopic (exact) mass is 357 g/mol. The lowest BCUT2D eigenvalue weighted by Gasteiger charge is -2.05. The van der Waals surface area contributed by atoms with Crippen molar-refractivity contribution in [3.8, 4) is 0 Å². The molecule has 2 nitrogen and oxygen atoms in total. The molecule has 0 fully saturated rings. The van der Waals surface area contributed by atoms with E-state index in [4.69, 9.17) is 11.6 Å². The third kappa shape index (κ3) is 3.59. The summed E-state index contributed by atoms with van der Waals surface area (Å²) < 4.78 is 0.727. The Morgan fingerprint density at radius 2 is 2.11 bits per heavy atom. The normalized spacial score (nSPS) is 10.5. The zero-order valence-corrected chi connectivity index (χ0v) is 13.7. The van der Waals surface area contributed by atoms with E-state index in [1.54, 1.807) is 29.5 Å². The summed E-state index contributed by atoms with van der Waals surface area (Å²) in [5.74, 6) is -0.0962. The zero-order valence-electron chi connectivity index (χ0n) is 10.6. The van der Waals surface area contributed by atoms with Crippen LogP contribution in [0.3, 0.4) is 0 Å². The van der Waals surface area contributed by atoms with Crippen LogP contribution in [0.1, 0.15) is 25.7 Å². The van der Waals surface area contributed by atoms with Crippen molar-refractivity contribution < 1.29 is 4.79 Å². The highest BCUT2D eigenvalue weighted by Crippen LogP contribution is 2.23. The van der Waals surface area contributed by atoms with Gasteiger partial charge in [0.2, 0.25) is 0 Å². The van der Waals surface area contributed by atoms with Gasteiger partial charge in [-0.25, -0.2) is 0 Å². The molecule has 2 aromatic rings. The van der Waals surface area contributed by atoms with Crippen molar-refractivity contribution in [3.05, 3.63) is 54.6 Å². The molecular formula is C14H13BrClNOS. The fraction of sp³-hybridized carbons (Fsp3) is 0.214. The summed E-state index contributed by atoms with van der Waals surface area (Å²) >= 11 is 10.9. The summed E-state index contributed by atoms with van der Waals surface area (Å²) in [4.78, 5) is 14.5. The van der Waals surface area contributed by atoms with Gasteiger partial charge in [-0.3, -0.25) is 4.79 Å². The maximum atomic E-state index is 12.0. The first-order valence-corrected chi connectivity index (χ1v) is 7.75. The number of halogens is 2. The molecule has 0 bridgehead atoms. The highest BCUT2D eigenvalue weighted by Gasteiger charge is 2.08. The second kappa shape index (κ2) is 6.07. The maximum absolute atomic E-state index is 12.0. The first-order valence-electron chi connectivity index (χ1n) is 5.76. The molecule has 0 spiro atoms. The molecule has 0 atom stereocenters. The second-order valence-corrected chi connectivity index (χ2v) is 6.87. The maximum Gasteiger partial charge on any atom is 0.251 e. The third-order valence-corrected chi connectivity index (χ3v) is 5.19. The predicted octanol–water partition coefficient (Wildman–Crippen LogP) is 4.71. The van der Waals surface area contributed by atoms with Crippen molar-refractivity contribution in [2.75, 3.05) is 0 Å².